The zero-order valence-corrected chi connectivity index (χ0v) is 9.00. The van der Waals surface area contributed by atoms with E-state index >= 15 is 0 Å². The number of nitrogens with one attached hydrogen (secondary N) is 1. The second-order valence-corrected chi connectivity index (χ2v) is 4.30. The second kappa shape index (κ2) is 4.91. The van der Waals surface area contributed by atoms with Crippen LogP contribution in [0.25, 0.3) is 6.08 Å². The number of nitrogens with zero attached hydrogens (tertiary/aromatic N) is 1. The molecule has 2 N–H and O–H groups in total. The van der Waals surface area contributed by atoms with Crippen molar-refractivity contribution in [2.45, 2.75) is 6.42 Å². The molecular formula is C11H12N2OS. The molecule has 2 rings (SSSR count). The molecule has 0 aliphatic heterocycles. The zero-order valence-electron chi connectivity index (χ0n) is 8.18. The second-order valence-electron chi connectivity index (χ2n) is 3.10. The molecule has 3 nitrogen and oxygen atoms in total. The molecule has 0 aromatic carbocycles. The van der Waals surface area contributed by atoms with E-state index in [0.29, 0.717) is 0 Å². The van der Waals surface area contributed by atoms with Gasteiger partial charge in [0.05, 0.1) is 6.61 Å². The Kier molecular flexibility index (Phi) is 3.32. The van der Waals surface area contributed by atoms with Crippen LogP contribution >= 0.6 is 11.3 Å². The van der Waals surface area contributed by atoms with Gasteiger partial charge in [-0.05, 0) is 18.2 Å². The Morgan fingerprint density at radius 3 is 3.13 bits per heavy atom. The largest absolute Gasteiger partial charge is 0.392 e. The lowest BCUT2D eigenvalue weighted by Gasteiger charge is -1.91. The maximum absolute atomic E-state index is 8.64. The van der Waals surface area contributed by atoms with Crippen molar-refractivity contribution in [2.75, 3.05) is 6.61 Å². The lowest BCUT2D eigenvalue weighted by Crippen LogP contribution is -1.85. The van der Waals surface area contributed by atoms with Crippen LogP contribution in [0.1, 0.15) is 15.6 Å². The predicted octanol–water partition coefficient (Wildman–Crippen LogP) is 2.07. The summed E-state index contributed by atoms with van der Waals surface area (Å²) < 4.78 is 0. The summed E-state index contributed by atoms with van der Waals surface area (Å²) in [7, 11) is 0. The van der Waals surface area contributed by atoms with Crippen molar-refractivity contribution >= 4 is 17.4 Å². The molecule has 0 spiro atoms. The zero-order chi connectivity index (χ0) is 10.5. The smallest absolute Gasteiger partial charge is 0.111 e. The third-order valence-corrected chi connectivity index (χ3v) is 3.02. The van der Waals surface area contributed by atoms with Crippen LogP contribution in [0, 0.1) is 0 Å². The quantitative estimate of drug-likeness (QED) is 0.828. The van der Waals surface area contributed by atoms with Crippen LogP contribution in [0.2, 0.25) is 0 Å². The van der Waals surface area contributed by atoms with Gasteiger partial charge in [0.25, 0.3) is 0 Å². The summed E-state index contributed by atoms with van der Waals surface area (Å²) in [6.07, 6.45) is 8.09. The third-order valence-electron chi connectivity index (χ3n) is 1.97. The maximum atomic E-state index is 8.64. The topological polar surface area (TPSA) is 48.9 Å². The molecule has 0 amide bonds. The fourth-order valence-corrected chi connectivity index (χ4v) is 2.26. The van der Waals surface area contributed by atoms with Gasteiger partial charge < -0.3 is 10.1 Å². The molecular weight excluding hydrogens is 208 g/mol. The van der Waals surface area contributed by atoms with Gasteiger partial charge in [-0.15, -0.1) is 11.3 Å². The van der Waals surface area contributed by atoms with Crippen LogP contribution < -0.4 is 0 Å². The number of aliphatic hydroxyl groups is 1. The van der Waals surface area contributed by atoms with Crippen LogP contribution in [-0.4, -0.2) is 21.7 Å². The maximum Gasteiger partial charge on any atom is 0.111 e. The molecule has 2 aromatic rings. The number of rotatable bonds is 4. The molecule has 0 saturated carbocycles. The number of imidazole rings is 1. The van der Waals surface area contributed by atoms with Crippen molar-refractivity contribution in [1.29, 1.82) is 0 Å². The van der Waals surface area contributed by atoms with Crippen molar-refractivity contribution in [2.24, 2.45) is 0 Å². The normalized spacial score (nSPS) is 11.3. The fraction of sp³-hybridized carbons (Fsp3) is 0.182. The van der Waals surface area contributed by atoms with E-state index in [-0.39, 0.29) is 6.61 Å². The van der Waals surface area contributed by atoms with E-state index in [1.165, 1.54) is 4.88 Å². The number of aliphatic hydroxyl groups excluding tert-OH is 1. The van der Waals surface area contributed by atoms with Gasteiger partial charge in [0.2, 0.25) is 0 Å². The first-order valence-corrected chi connectivity index (χ1v) is 5.54. The van der Waals surface area contributed by atoms with Gasteiger partial charge in [-0.25, -0.2) is 4.98 Å². The van der Waals surface area contributed by atoms with E-state index in [1.807, 2.05) is 12.3 Å². The average Bonchev–Trinajstić information content (AvgIpc) is 2.87. The van der Waals surface area contributed by atoms with Gasteiger partial charge in [0.1, 0.15) is 5.82 Å². The van der Waals surface area contributed by atoms with E-state index < -0.39 is 0 Å². The summed E-state index contributed by atoms with van der Waals surface area (Å²) in [5.74, 6) is 0.981. The van der Waals surface area contributed by atoms with Crippen molar-refractivity contribution < 1.29 is 5.11 Å². The first-order chi connectivity index (χ1) is 7.38. The Morgan fingerprint density at radius 1 is 1.47 bits per heavy atom. The van der Waals surface area contributed by atoms with Gasteiger partial charge in [-0.1, -0.05) is 6.08 Å². The SMILES string of the molecule is OC/C=C/c1ccc(Cc2ncc[nH]2)s1. The first-order valence-electron chi connectivity index (χ1n) is 4.73. The van der Waals surface area contributed by atoms with Gasteiger partial charge in [0.15, 0.2) is 0 Å². The number of hydrogen-bond donors (Lipinski definition) is 2. The van der Waals surface area contributed by atoms with Crippen LogP contribution in [0.3, 0.4) is 0 Å². The molecule has 4 heteroatoms. The summed E-state index contributed by atoms with van der Waals surface area (Å²) in [6, 6.07) is 4.14. The summed E-state index contributed by atoms with van der Waals surface area (Å²) in [4.78, 5) is 9.68. The van der Waals surface area contributed by atoms with E-state index in [0.717, 1.165) is 17.1 Å². The minimum absolute atomic E-state index is 0.0887. The Balaban J connectivity index is 2.04. The summed E-state index contributed by atoms with van der Waals surface area (Å²) >= 11 is 1.71. The van der Waals surface area contributed by atoms with E-state index in [2.05, 4.69) is 22.1 Å². The highest BCUT2D eigenvalue weighted by molar-refractivity contribution is 7.12. The van der Waals surface area contributed by atoms with E-state index in [1.54, 1.807) is 23.6 Å². The Labute approximate surface area is 92.1 Å². The Bertz CT molecular complexity index is 431. The molecule has 15 heavy (non-hydrogen) atoms. The highest BCUT2D eigenvalue weighted by atomic mass is 32.1. The lowest BCUT2D eigenvalue weighted by molar-refractivity contribution is 0.343. The molecule has 0 unspecified atom stereocenters. The number of hydrogen-bond acceptors (Lipinski definition) is 3. The molecule has 0 fully saturated rings. The molecule has 0 atom stereocenters. The van der Waals surface area contributed by atoms with Crippen molar-refractivity contribution in [3.63, 3.8) is 0 Å². The van der Waals surface area contributed by atoms with Crippen LogP contribution in [-0.2, 0) is 6.42 Å². The van der Waals surface area contributed by atoms with E-state index in [4.69, 9.17) is 5.11 Å². The average molecular weight is 220 g/mol. The molecule has 0 saturated heterocycles. The van der Waals surface area contributed by atoms with Crippen molar-refractivity contribution in [3.05, 3.63) is 46.2 Å². The predicted molar refractivity (Wildman–Crippen MR) is 61.8 cm³/mol. The third kappa shape index (κ3) is 2.78. The number of aromatic nitrogens is 2. The highest BCUT2D eigenvalue weighted by Gasteiger charge is 2.00. The molecule has 2 aromatic heterocycles. The summed E-state index contributed by atoms with van der Waals surface area (Å²) in [6.45, 7) is 0.0887. The molecule has 0 radical (unpaired) electrons. The first kappa shape index (κ1) is 10.1. The lowest BCUT2D eigenvalue weighted by atomic mass is 10.3. The van der Waals surface area contributed by atoms with Crippen LogP contribution in [0.4, 0.5) is 0 Å². The van der Waals surface area contributed by atoms with Gasteiger partial charge in [0, 0.05) is 28.6 Å². The van der Waals surface area contributed by atoms with Crippen LogP contribution in [0.15, 0.2) is 30.6 Å². The van der Waals surface area contributed by atoms with Gasteiger partial charge >= 0.3 is 0 Å². The monoisotopic (exact) mass is 220 g/mol. The summed E-state index contributed by atoms with van der Waals surface area (Å²) in [5, 5.41) is 8.64. The number of aromatic amines is 1. The molecule has 2 heterocycles. The van der Waals surface area contributed by atoms with Gasteiger partial charge in [-0.2, -0.15) is 0 Å². The van der Waals surface area contributed by atoms with Gasteiger partial charge in [-0.3, -0.25) is 0 Å². The fourth-order valence-electron chi connectivity index (χ4n) is 1.31. The Morgan fingerprint density at radius 2 is 2.40 bits per heavy atom. The van der Waals surface area contributed by atoms with E-state index in [9.17, 15) is 0 Å². The number of thiophene rings is 1. The van der Waals surface area contributed by atoms with Crippen molar-refractivity contribution in [1.82, 2.24) is 9.97 Å². The molecule has 0 aliphatic carbocycles. The molecule has 0 aliphatic rings. The van der Waals surface area contributed by atoms with Crippen molar-refractivity contribution in [3.8, 4) is 0 Å². The highest BCUT2D eigenvalue weighted by Crippen LogP contribution is 2.19. The molecule has 78 valence electrons. The Hall–Kier alpha value is -1.39. The minimum atomic E-state index is 0.0887. The minimum Gasteiger partial charge on any atom is -0.392 e. The van der Waals surface area contributed by atoms with Crippen LogP contribution in [0.5, 0.6) is 0 Å². The summed E-state index contributed by atoms with van der Waals surface area (Å²) in [5.41, 5.74) is 0. The molecule has 0 bridgehead atoms. The standard InChI is InChI=1S/C11H12N2OS/c14-7-1-2-9-3-4-10(15-9)8-11-12-5-6-13-11/h1-6,14H,7-8H2,(H,12,13)/b2-1+. The number of H-pyrrole nitrogens is 1.